The fourth-order valence-corrected chi connectivity index (χ4v) is 8.02. The van der Waals surface area contributed by atoms with Crippen molar-refractivity contribution in [2.75, 3.05) is 5.75 Å². The molecule has 0 spiro atoms. The van der Waals surface area contributed by atoms with Gasteiger partial charge in [0, 0.05) is 10.6 Å². The van der Waals surface area contributed by atoms with Crippen molar-refractivity contribution < 1.29 is 15.3 Å². The first-order valence-electron chi connectivity index (χ1n) is 13.4. The molecule has 1 aromatic rings. The van der Waals surface area contributed by atoms with Crippen LogP contribution in [0, 0.1) is 23.2 Å². The van der Waals surface area contributed by atoms with E-state index in [1.165, 1.54) is 37.0 Å². The van der Waals surface area contributed by atoms with E-state index >= 15 is 0 Å². The first-order valence-corrected chi connectivity index (χ1v) is 14.4. The second-order valence-corrected chi connectivity index (χ2v) is 13.1. The predicted octanol–water partition coefficient (Wildman–Crippen LogP) is 6.78. The van der Waals surface area contributed by atoms with Gasteiger partial charge in [-0.25, -0.2) is 0 Å². The molecular formula is C31H44O3S. The van der Waals surface area contributed by atoms with Gasteiger partial charge in [-0.15, -0.1) is 11.8 Å². The van der Waals surface area contributed by atoms with E-state index in [0.717, 1.165) is 22.8 Å². The predicted molar refractivity (Wildman–Crippen MR) is 146 cm³/mol. The minimum absolute atomic E-state index is 0.345. The molecule has 6 atom stereocenters. The first-order chi connectivity index (χ1) is 16.5. The molecule has 4 rings (SSSR count). The van der Waals surface area contributed by atoms with E-state index in [2.05, 4.69) is 50.8 Å². The van der Waals surface area contributed by atoms with Crippen LogP contribution in [0.15, 0.2) is 64.6 Å². The quantitative estimate of drug-likeness (QED) is 0.300. The Kier molecular flexibility index (Phi) is 8.07. The Morgan fingerprint density at radius 1 is 1.17 bits per heavy atom. The van der Waals surface area contributed by atoms with Gasteiger partial charge in [0.1, 0.15) is 0 Å². The van der Waals surface area contributed by atoms with Crippen LogP contribution in [-0.4, -0.2) is 33.3 Å². The Hall–Kier alpha value is -1.33. The van der Waals surface area contributed by atoms with Gasteiger partial charge in [0.25, 0.3) is 0 Å². The van der Waals surface area contributed by atoms with Gasteiger partial charge < -0.3 is 15.3 Å². The second kappa shape index (κ2) is 10.6. The highest BCUT2D eigenvalue weighted by Gasteiger charge is 2.50. The summed E-state index contributed by atoms with van der Waals surface area (Å²) in [6.07, 6.45) is 10.7. The van der Waals surface area contributed by atoms with Crippen molar-refractivity contribution in [1.29, 1.82) is 0 Å². The Balaban J connectivity index is 1.43. The van der Waals surface area contributed by atoms with Crippen molar-refractivity contribution in [2.45, 2.75) is 95.3 Å². The van der Waals surface area contributed by atoms with Gasteiger partial charge in [-0.1, -0.05) is 55.9 Å². The highest BCUT2D eigenvalue weighted by atomic mass is 32.2. The fraction of sp³-hybridized carbons (Fsp3) is 0.613. The van der Waals surface area contributed by atoms with Crippen LogP contribution in [0.3, 0.4) is 0 Å². The van der Waals surface area contributed by atoms with Crippen LogP contribution in [0.2, 0.25) is 0 Å². The molecular weight excluding hydrogens is 452 g/mol. The maximum atomic E-state index is 10.4. The fourth-order valence-electron chi connectivity index (χ4n) is 6.95. The molecule has 3 fully saturated rings. The van der Waals surface area contributed by atoms with Gasteiger partial charge in [-0.3, -0.25) is 0 Å². The Labute approximate surface area is 216 Å². The molecule has 3 nitrogen and oxygen atoms in total. The third-order valence-electron chi connectivity index (χ3n) is 9.08. The number of fused-ring (bicyclic) bond motifs is 1. The van der Waals surface area contributed by atoms with E-state index in [-0.39, 0.29) is 0 Å². The van der Waals surface area contributed by atoms with E-state index in [9.17, 15) is 15.3 Å². The van der Waals surface area contributed by atoms with Crippen molar-refractivity contribution in [3.63, 3.8) is 0 Å². The van der Waals surface area contributed by atoms with Crippen LogP contribution in [0.25, 0.3) is 0 Å². The molecule has 0 aromatic heterocycles. The van der Waals surface area contributed by atoms with Crippen LogP contribution in [-0.2, 0) is 5.60 Å². The van der Waals surface area contributed by atoms with E-state index < -0.39 is 17.8 Å². The number of allylic oxidation sites excluding steroid dienone is 3. The highest BCUT2D eigenvalue weighted by Crippen LogP contribution is 2.59. The van der Waals surface area contributed by atoms with Crippen molar-refractivity contribution >= 4 is 11.8 Å². The molecule has 0 heterocycles. The minimum Gasteiger partial charge on any atom is -0.388 e. The molecule has 4 heteroatoms. The third kappa shape index (κ3) is 5.82. The Morgan fingerprint density at radius 3 is 2.57 bits per heavy atom. The number of rotatable bonds is 6. The molecule has 35 heavy (non-hydrogen) atoms. The number of thioether (sulfide) groups is 1. The van der Waals surface area contributed by atoms with Crippen LogP contribution in [0.5, 0.6) is 0 Å². The van der Waals surface area contributed by atoms with Crippen LogP contribution < -0.4 is 0 Å². The monoisotopic (exact) mass is 496 g/mol. The third-order valence-corrected chi connectivity index (χ3v) is 10.4. The lowest BCUT2D eigenvalue weighted by Gasteiger charge is -2.44. The van der Waals surface area contributed by atoms with Gasteiger partial charge in [-0.2, -0.15) is 0 Å². The van der Waals surface area contributed by atoms with E-state index in [0.29, 0.717) is 35.7 Å². The zero-order valence-electron chi connectivity index (χ0n) is 22.0. The summed E-state index contributed by atoms with van der Waals surface area (Å²) in [7, 11) is 0. The summed E-state index contributed by atoms with van der Waals surface area (Å²) in [6, 6.07) is 8.36. The maximum absolute atomic E-state index is 10.4. The largest absolute Gasteiger partial charge is 0.388 e. The number of hydrogen-bond acceptors (Lipinski definition) is 4. The number of benzene rings is 1. The molecule has 2 unspecified atom stereocenters. The maximum Gasteiger partial charge on any atom is 0.0840 e. The molecule has 0 bridgehead atoms. The van der Waals surface area contributed by atoms with E-state index in [1.807, 2.05) is 31.7 Å². The number of aliphatic hydroxyl groups is 3. The summed E-state index contributed by atoms with van der Waals surface area (Å²) >= 11 is 1.92. The molecule has 0 saturated heterocycles. The molecule has 3 aliphatic carbocycles. The average Bonchev–Trinajstić information content (AvgIpc) is 3.16. The SMILES string of the molecule is C=C1[C@H](O)CC(=CC=C2CCC[C@@]3(C)C2CCC3[C@@H](C)CSc2cccc(C(C)(C)O)c2)C[C@H]1O. The lowest BCUT2D eigenvalue weighted by atomic mass is 9.61. The van der Waals surface area contributed by atoms with Crippen LogP contribution >= 0.6 is 11.8 Å². The molecule has 3 aliphatic rings. The number of aliphatic hydroxyl groups excluding tert-OH is 2. The Bertz CT molecular complexity index is 971. The molecule has 3 saturated carbocycles. The van der Waals surface area contributed by atoms with Crippen LogP contribution in [0.4, 0.5) is 0 Å². The lowest BCUT2D eigenvalue weighted by molar-refractivity contribution is 0.0784. The standard InChI is InChI=1S/C31H44O3S/c1-20(19-35-25-10-6-9-24(18-25)30(3,4)34)26-13-14-27-23(8-7-15-31(26,27)5)12-11-22-16-28(32)21(2)29(33)17-22/h6,9-12,18,20,26-29,32-34H,2,7-8,13-17,19H2,1,3-5H3/t20-,26?,27?,28+,29+,31+/m0/s1. The smallest absolute Gasteiger partial charge is 0.0840 e. The zero-order chi connectivity index (χ0) is 25.4. The van der Waals surface area contributed by atoms with Crippen molar-refractivity contribution in [3.8, 4) is 0 Å². The molecule has 0 aliphatic heterocycles. The first kappa shape index (κ1) is 26.7. The summed E-state index contributed by atoms with van der Waals surface area (Å²) in [5.41, 5.74) is 3.76. The van der Waals surface area contributed by atoms with Gasteiger partial charge in [0.05, 0.1) is 17.8 Å². The molecule has 0 amide bonds. The van der Waals surface area contributed by atoms with Gasteiger partial charge in [0.2, 0.25) is 0 Å². The summed E-state index contributed by atoms with van der Waals surface area (Å²) in [4.78, 5) is 1.24. The van der Waals surface area contributed by atoms with E-state index in [4.69, 9.17) is 0 Å². The zero-order valence-corrected chi connectivity index (χ0v) is 22.8. The van der Waals surface area contributed by atoms with Crippen LogP contribution in [0.1, 0.15) is 78.2 Å². The molecule has 3 N–H and O–H groups in total. The van der Waals surface area contributed by atoms with Crippen molar-refractivity contribution in [2.24, 2.45) is 23.2 Å². The summed E-state index contributed by atoms with van der Waals surface area (Å²) in [5.74, 6) is 3.09. The number of hydrogen-bond donors (Lipinski definition) is 3. The van der Waals surface area contributed by atoms with Crippen molar-refractivity contribution in [1.82, 2.24) is 0 Å². The highest BCUT2D eigenvalue weighted by molar-refractivity contribution is 7.99. The molecule has 0 radical (unpaired) electrons. The second-order valence-electron chi connectivity index (χ2n) is 12.1. The van der Waals surface area contributed by atoms with Crippen molar-refractivity contribution in [3.05, 3.63) is 65.3 Å². The van der Waals surface area contributed by atoms with Gasteiger partial charge in [0.15, 0.2) is 0 Å². The minimum atomic E-state index is -0.809. The molecule has 1 aromatic carbocycles. The summed E-state index contributed by atoms with van der Waals surface area (Å²) in [6.45, 7) is 12.5. The topological polar surface area (TPSA) is 60.7 Å². The lowest BCUT2D eigenvalue weighted by Crippen LogP contribution is -2.36. The van der Waals surface area contributed by atoms with Gasteiger partial charge >= 0.3 is 0 Å². The summed E-state index contributed by atoms with van der Waals surface area (Å²) in [5, 5.41) is 30.8. The normalized spacial score (nSPS) is 33.6. The Morgan fingerprint density at radius 2 is 1.89 bits per heavy atom. The van der Waals surface area contributed by atoms with E-state index in [1.54, 1.807) is 5.57 Å². The molecule has 192 valence electrons. The summed E-state index contributed by atoms with van der Waals surface area (Å²) < 4.78 is 0. The average molecular weight is 497 g/mol. The van der Waals surface area contributed by atoms with Gasteiger partial charge in [-0.05, 0) is 105 Å².